The number of hydrogen-bond donors (Lipinski definition) is 2. The van der Waals surface area contributed by atoms with Gasteiger partial charge in [0, 0.05) is 50.4 Å². The number of likely N-dealkylation sites (tertiary alicyclic amines) is 1. The van der Waals surface area contributed by atoms with Crippen molar-refractivity contribution in [1.29, 1.82) is 5.26 Å². The second-order valence-corrected chi connectivity index (χ2v) is 7.98. The molecule has 3 fully saturated rings. The van der Waals surface area contributed by atoms with E-state index in [0.717, 1.165) is 45.2 Å². The summed E-state index contributed by atoms with van der Waals surface area (Å²) in [5, 5.41) is 12.1. The van der Waals surface area contributed by atoms with Crippen molar-refractivity contribution in [1.82, 2.24) is 15.2 Å². The maximum atomic E-state index is 12.9. The third-order valence-electron chi connectivity index (χ3n) is 6.35. The molecule has 2 aliphatic heterocycles. The third kappa shape index (κ3) is 3.72. The number of nitrogens with one attached hydrogen (secondary N) is 2. The fourth-order valence-electron chi connectivity index (χ4n) is 4.87. The first-order valence-corrected chi connectivity index (χ1v) is 9.91. The van der Waals surface area contributed by atoms with Gasteiger partial charge in [-0.05, 0) is 37.7 Å². The van der Waals surface area contributed by atoms with Crippen molar-refractivity contribution in [3.05, 3.63) is 23.5 Å². The van der Waals surface area contributed by atoms with Gasteiger partial charge >= 0.3 is 0 Å². The number of amides is 2. The topological polar surface area (TPSA) is 98.2 Å². The second kappa shape index (κ2) is 7.73. The SMILES string of the molecule is N#Cc1c[nH]c(C(=O)N[C@H]2CCC[C@H]3CN(C(=O)C4CCOCC4)C[C@H]32)c1. The Bertz CT molecular complexity index is 747. The van der Waals surface area contributed by atoms with Crippen LogP contribution >= 0.6 is 0 Å². The summed E-state index contributed by atoms with van der Waals surface area (Å²) in [6.45, 7) is 2.90. The smallest absolute Gasteiger partial charge is 0.267 e. The summed E-state index contributed by atoms with van der Waals surface area (Å²) in [6, 6.07) is 3.68. The minimum Gasteiger partial charge on any atom is -0.381 e. The van der Waals surface area contributed by atoms with Crippen LogP contribution < -0.4 is 5.32 Å². The van der Waals surface area contributed by atoms with E-state index in [9.17, 15) is 9.59 Å². The van der Waals surface area contributed by atoms with Gasteiger partial charge in [-0.15, -0.1) is 0 Å². The molecule has 0 radical (unpaired) electrons. The molecule has 3 heterocycles. The van der Waals surface area contributed by atoms with Crippen molar-refractivity contribution in [3.8, 4) is 6.07 Å². The number of ether oxygens (including phenoxy) is 1. The number of carbonyl (C=O) groups excluding carboxylic acids is 2. The van der Waals surface area contributed by atoms with E-state index >= 15 is 0 Å². The largest absolute Gasteiger partial charge is 0.381 e. The fourth-order valence-corrected chi connectivity index (χ4v) is 4.87. The first kappa shape index (κ1) is 18.1. The Labute approximate surface area is 159 Å². The number of H-pyrrole nitrogens is 1. The molecule has 1 aliphatic carbocycles. The summed E-state index contributed by atoms with van der Waals surface area (Å²) in [6.07, 6.45) is 6.31. The molecule has 27 heavy (non-hydrogen) atoms. The van der Waals surface area contributed by atoms with E-state index in [1.54, 1.807) is 12.3 Å². The van der Waals surface area contributed by atoms with Gasteiger partial charge in [-0.25, -0.2) is 0 Å². The van der Waals surface area contributed by atoms with Crippen LogP contribution in [0.15, 0.2) is 12.3 Å². The van der Waals surface area contributed by atoms with Gasteiger partial charge in [0.15, 0.2) is 0 Å². The van der Waals surface area contributed by atoms with Crippen LogP contribution in [0.3, 0.4) is 0 Å². The summed E-state index contributed by atoms with van der Waals surface area (Å²) < 4.78 is 5.38. The quantitative estimate of drug-likeness (QED) is 0.845. The number of hydrogen-bond acceptors (Lipinski definition) is 4. The van der Waals surface area contributed by atoms with Crippen LogP contribution in [0.5, 0.6) is 0 Å². The molecule has 3 atom stereocenters. The highest BCUT2D eigenvalue weighted by atomic mass is 16.5. The molecule has 1 saturated carbocycles. The lowest BCUT2D eigenvalue weighted by Gasteiger charge is -2.33. The van der Waals surface area contributed by atoms with Gasteiger partial charge in [0.25, 0.3) is 5.91 Å². The van der Waals surface area contributed by atoms with Gasteiger partial charge in [0.05, 0.1) is 5.56 Å². The molecule has 144 valence electrons. The van der Waals surface area contributed by atoms with Crippen molar-refractivity contribution in [2.45, 2.75) is 38.1 Å². The Morgan fingerprint density at radius 3 is 2.78 bits per heavy atom. The van der Waals surface area contributed by atoms with Crippen LogP contribution in [0.25, 0.3) is 0 Å². The van der Waals surface area contributed by atoms with Crippen molar-refractivity contribution < 1.29 is 14.3 Å². The number of rotatable bonds is 3. The first-order chi connectivity index (χ1) is 13.2. The van der Waals surface area contributed by atoms with Gasteiger partial charge < -0.3 is 19.9 Å². The van der Waals surface area contributed by atoms with Crippen LogP contribution in [0.1, 0.15) is 48.2 Å². The number of fused-ring (bicyclic) bond motifs is 1. The molecule has 2 amide bonds. The highest BCUT2D eigenvalue weighted by Crippen LogP contribution is 2.37. The molecule has 0 spiro atoms. The number of aromatic amines is 1. The van der Waals surface area contributed by atoms with E-state index in [1.807, 2.05) is 11.0 Å². The van der Waals surface area contributed by atoms with E-state index in [0.29, 0.717) is 36.3 Å². The molecular formula is C20H26N4O3. The minimum absolute atomic E-state index is 0.0811. The fraction of sp³-hybridized carbons (Fsp3) is 0.650. The first-order valence-electron chi connectivity index (χ1n) is 9.91. The molecular weight excluding hydrogens is 344 g/mol. The number of carbonyl (C=O) groups is 2. The average Bonchev–Trinajstić information content (AvgIpc) is 3.35. The Morgan fingerprint density at radius 1 is 1.22 bits per heavy atom. The van der Waals surface area contributed by atoms with Crippen LogP contribution in [-0.4, -0.2) is 54.0 Å². The lowest BCUT2D eigenvalue weighted by molar-refractivity contribution is -0.137. The number of nitriles is 1. The Balaban J connectivity index is 1.39. The highest BCUT2D eigenvalue weighted by Gasteiger charge is 2.43. The Kier molecular flexibility index (Phi) is 5.17. The lowest BCUT2D eigenvalue weighted by atomic mass is 9.78. The van der Waals surface area contributed by atoms with Crippen molar-refractivity contribution >= 4 is 11.8 Å². The summed E-state index contributed by atoms with van der Waals surface area (Å²) in [7, 11) is 0. The minimum atomic E-state index is -0.170. The summed E-state index contributed by atoms with van der Waals surface area (Å²) in [4.78, 5) is 30.3. The van der Waals surface area contributed by atoms with Crippen LogP contribution in [0.2, 0.25) is 0 Å². The predicted octanol–water partition coefficient (Wildman–Crippen LogP) is 1.67. The van der Waals surface area contributed by atoms with E-state index < -0.39 is 0 Å². The van der Waals surface area contributed by atoms with Crippen LogP contribution in [0.4, 0.5) is 0 Å². The number of aromatic nitrogens is 1. The van der Waals surface area contributed by atoms with Crippen LogP contribution in [0, 0.1) is 29.1 Å². The molecule has 1 aromatic heterocycles. The van der Waals surface area contributed by atoms with Gasteiger partial charge in [-0.3, -0.25) is 9.59 Å². The maximum absolute atomic E-state index is 12.9. The van der Waals surface area contributed by atoms with Gasteiger partial charge in [-0.2, -0.15) is 5.26 Å². The van der Waals surface area contributed by atoms with Gasteiger partial charge in [0.2, 0.25) is 5.91 Å². The molecule has 0 unspecified atom stereocenters. The molecule has 2 saturated heterocycles. The lowest BCUT2D eigenvalue weighted by Crippen LogP contribution is -2.45. The third-order valence-corrected chi connectivity index (χ3v) is 6.35. The van der Waals surface area contributed by atoms with E-state index in [4.69, 9.17) is 10.00 Å². The molecule has 2 N–H and O–H groups in total. The molecule has 7 nitrogen and oxygen atoms in total. The highest BCUT2D eigenvalue weighted by molar-refractivity contribution is 5.93. The van der Waals surface area contributed by atoms with Gasteiger partial charge in [0.1, 0.15) is 11.8 Å². The zero-order valence-corrected chi connectivity index (χ0v) is 15.4. The average molecular weight is 370 g/mol. The van der Waals surface area contributed by atoms with Crippen LogP contribution in [-0.2, 0) is 9.53 Å². The van der Waals surface area contributed by atoms with E-state index in [-0.39, 0.29) is 23.8 Å². The van der Waals surface area contributed by atoms with Crippen molar-refractivity contribution in [3.63, 3.8) is 0 Å². The molecule has 0 aromatic carbocycles. The molecule has 4 rings (SSSR count). The van der Waals surface area contributed by atoms with E-state index in [1.165, 1.54) is 0 Å². The monoisotopic (exact) mass is 370 g/mol. The summed E-state index contributed by atoms with van der Waals surface area (Å²) >= 11 is 0. The Hall–Kier alpha value is -2.33. The van der Waals surface area contributed by atoms with Gasteiger partial charge in [-0.1, -0.05) is 6.42 Å². The van der Waals surface area contributed by atoms with E-state index in [2.05, 4.69) is 10.3 Å². The normalized spacial score (nSPS) is 28.4. The molecule has 1 aromatic rings. The second-order valence-electron chi connectivity index (χ2n) is 7.98. The number of nitrogens with zero attached hydrogens (tertiary/aromatic N) is 2. The Morgan fingerprint density at radius 2 is 2.04 bits per heavy atom. The summed E-state index contributed by atoms with van der Waals surface area (Å²) in [5.41, 5.74) is 0.873. The predicted molar refractivity (Wildman–Crippen MR) is 97.7 cm³/mol. The zero-order chi connectivity index (χ0) is 18.8. The zero-order valence-electron chi connectivity index (χ0n) is 15.4. The molecule has 0 bridgehead atoms. The van der Waals surface area contributed by atoms with Crippen molar-refractivity contribution in [2.24, 2.45) is 17.8 Å². The maximum Gasteiger partial charge on any atom is 0.267 e. The summed E-state index contributed by atoms with van der Waals surface area (Å²) in [5.74, 6) is 0.968. The standard InChI is InChI=1S/C20H26N4O3/c21-9-13-8-18(22-10-13)19(25)23-17-3-1-2-15-11-24(12-16(15)17)20(26)14-4-6-27-7-5-14/h8,10,14-17,22H,1-7,11-12H2,(H,23,25)/t15-,16+,17-/m0/s1. The molecule has 3 aliphatic rings. The molecule has 7 heteroatoms. The van der Waals surface area contributed by atoms with Crippen molar-refractivity contribution in [2.75, 3.05) is 26.3 Å².